The van der Waals surface area contributed by atoms with Gasteiger partial charge < -0.3 is 14.6 Å². The van der Waals surface area contributed by atoms with E-state index in [1.165, 1.54) is 17.8 Å². The van der Waals surface area contributed by atoms with Crippen LogP contribution in [-0.4, -0.2) is 21.6 Å². The topological polar surface area (TPSA) is 73.2 Å². The van der Waals surface area contributed by atoms with E-state index in [0.29, 0.717) is 27.9 Å². The van der Waals surface area contributed by atoms with Crippen molar-refractivity contribution in [2.75, 3.05) is 5.32 Å². The van der Waals surface area contributed by atoms with Crippen molar-refractivity contribution in [1.29, 1.82) is 0 Å². The molecule has 0 radical (unpaired) electrons. The van der Waals surface area contributed by atoms with Gasteiger partial charge in [0.2, 0.25) is 5.91 Å². The largest absolute Gasteiger partial charge is 0.491 e. The lowest BCUT2D eigenvalue weighted by molar-refractivity contribution is -0.116. The average Bonchev–Trinajstić information content (AvgIpc) is 2.75. The second-order valence-corrected chi connectivity index (χ2v) is 8.88. The summed E-state index contributed by atoms with van der Waals surface area (Å²) in [6.07, 6.45) is 0.217. The first-order chi connectivity index (χ1) is 15.3. The lowest BCUT2D eigenvalue weighted by Crippen LogP contribution is -2.33. The van der Waals surface area contributed by atoms with Crippen molar-refractivity contribution in [3.05, 3.63) is 81.4 Å². The Bertz CT molecular complexity index is 1210. The number of rotatable bonds is 6. The predicted octanol–water partition coefficient (Wildman–Crippen LogP) is 4.47. The highest BCUT2D eigenvalue weighted by atomic mass is 32.2. The highest BCUT2D eigenvalue weighted by Gasteiger charge is 2.32. The van der Waals surface area contributed by atoms with Crippen molar-refractivity contribution in [3.63, 3.8) is 0 Å². The highest BCUT2D eigenvalue weighted by molar-refractivity contribution is 7.98. The zero-order chi connectivity index (χ0) is 22.8. The van der Waals surface area contributed by atoms with Gasteiger partial charge in [-0.25, -0.2) is 4.39 Å². The van der Waals surface area contributed by atoms with Gasteiger partial charge in [0.05, 0.1) is 11.7 Å². The fourth-order valence-corrected chi connectivity index (χ4v) is 4.71. The van der Waals surface area contributed by atoms with Crippen LogP contribution in [-0.2, 0) is 17.6 Å². The number of anilines is 1. The molecule has 0 saturated carbocycles. The Balaban J connectivity index is 1.67. The molecule has 166 valence electrons. The maximum absolute atomic E-state index is 14.0. The highest BCUT2D eigenvalue weighted by Crippen LogP contribution is 2.36. The van der Waals surface area contributed by atoms with Crippen molar-refractivity contribution >= 4 is 23.5 Å². The molecule has 0 saturated heterocycles. The van der Waals surface area contributed by atoms with E-state index in [9.17, 15) is 14.0 Å². The molecule has 1 aliphatic rings. The number of benzene rings is 2. The molecule has 2 aromatic carbocycles. The minimum Gasteiger partial charge on any atom is -0.491 e. The number of aromatic nitrogens is 2. The van der Waals surface area contributed by atoms with Gasteiger partial charge in [0.25, 0.3) is 5.56 Å². The molecule has 1 atom stereocenters. The van der Waals surface area contributed by atoms with Crippen molar-refractivity contribution in [1.82, 2.24) is 9.55 Å². The maximum atomic E-state index is 14.0. The molecular weight excluding hydrogens is 429 g/mol. The summed E-state index contributed by atoms with van der Waals surface area (Å²) in [6, 6.07) is 13.9. The first kappa shape index (κ1) is 22.1. The first-order valence-corrected chi connectivity index (χ1v) is 11.4. The number of carbonyl (C=O) groups is 1. The minimum absolute atomic E-state index is 0.0545. The second-order valence-electron chi connectivity index (χ2n) is 7.94. The molecule has 0 bridgehead atoms. The number of nitrogens with zero attached hydrogens (tertiary/aromatic N) is 2. The summed E-state index contributed by atoms with van der Waals surface area (Å²) in [7, 11) is 1.75. The van der Waals surface area contributed by atoms with Crippen LogP contribution in [0, 0.1) is 5.82 Å². The molecule has 2 heterocycles. The number of hydrogen-bond acceptors (Lipinski definition) is 5. The molecule has 1 aliphatic heterocycles. The van der Waals surface area contributed by atoms with E-state index in [1.807, 2.05) is 38.1 Å². The van der Waals surface area contributed by atoms with Gasteiger partial charge in [-0.05, 0) is 43.2 Å². The molecule has 0 aliphatic carbocycles. The van der Waals surface area contributed by atoms with E-state index in [4.69, 9.17) is 4.74 Å². The average molecular weight is 454 g/mol. The first-order valence-electron chi connectivity index (χ1n) is 10.4. The lowest BCUT2D eigenvalue weighted by atomic mass is 9.87. The molecule has 6 nitrogen and oxygen atoms in total. The van der Waals surface area contributed by atoms with Crippen LogP contribution in [0.5, 0.6) is 5.75 Å². The van der Waals surface area contributed by atoms with Gasteiger partial charge in [-0.3, -0.25) is 9.59 Å². The van der Waals surface area contributed by atoms with Crippen LogP contribution in [0.1, 0.15) is 42.9 Å². The van der Waals surface area contributed by atoms with Crippen molar-refractivity contribution in [3.8, 4) is 5.75 Å². The quantitative estimate of drug-likeness (QED) is 0.440. The van der Waals surface area contributed by atoms with Gasteiger partial charge in [-0.1, -0.05) is 42.1 Å². The van der Waals surface area contributed by atoms with Gasteiger partial charge in [-0.15, -0.1) is 0 Å². The molecule has 3 aromatic rings. The normalized spacial score (nSPS) is 15.4. The van der Waals surface area contributed by atoms with E-state index in [-0.39, 0.29) is 29.8 Å². The number of hydrogen-bond donors (Lipinski definition) is 1. The smallest absolute Gasteiger partial charge is 0.279 e. The fraction of sp³-hybridized carbons (Fsp3) is 0.292. The Hall–Kier alpha value is -3.13. The van der Waals surface area contributed by atoms with E-state index >= 15 is 0 Å². The van der Waals surface area contributed by atoms with Crippen LogP contribution < -0.4 is 15.6 Å². The molecular formula is C24H24FN3O3S. The van der Waals surface area contributed by atoms with Crippen LogP contribution in [0.4, 0.5) is 10.2 Å². The van der Waals surface area contributed by atoms with Crippen LogP contribution >= 0.6 is 11.8 Å². The van der Waals surface area contributed by atoms with Gasteiger partial charge in [0.15, 0.2) is 5.16 Å². The molecule has 0 unspecified atom stereocenters. The summed E-state index contributed by atoms with van der Waals surface area (Å²) in [5, 5.41) is 3.24. The fourth-order valence-electron chi connectivity index (χ4n) is 3.76. The van der Waals surface area contributed by atoms with E-state index in [0.717, 1.165) is 11.3 Å². The third-order valence-corrected chi connectivity index (χ3v) is 6.35. The van der Waals surface area contributed by atoms with Crippen molar-refractivity contribution in [2.45, 2.75) is 43.2 Å². The summed E-state index contributed by atoms with van der Waals surface area (Å²) >= 11 is 1.25. The summed E-state index contributed by atoms with van der Waals surface area (Å²) in [6.45, 7) is 3.90. The summed E-state index contributed by atoms with van der Waals surface area (Å²) in [4.78, 5) is 29.8. The van der Waals surface area contributed by atoms with Gasteiger partial charge in [0, 0.05) is 25.1 Å². The van der Waals surface area contributed by atoms with Crippen LogP contribution in [0.2, 0.25) is 0 Å². The van der Waals surface area contributed by atoms with Gasteiger partial charge >= 0.3 is 0 Å². The van der Waals surface area contributed by atoms with Gasteiger partial charge in [0.1, 0.15) is 17.4 Å². The Morgan fingerprint density at radius 2 is 1.91 bits per heavy atom. The number of thioether (sulfide) groups is 1. The lowest BCUT2D eigenvalue weighted by Gasteiger charge is -2.27. The molecule has 1 amide bonds. The molecule has 1 aromatic heterocycles. The Labute approximate surface area is 189 Å². The summed E-state index contributed by atoms with van der Waals surface area (Å²) in [5.41, 5.74) is 1.44. The monoisotopic (exact) mass is 453 g/mol. The minimum atomic E-state index is -0.399. The molecule has 1 N–H and O–H groups in total. The van der Waals surface area contributed by atoms with Gasteiger partial charge in [-0.2, -0.15) is 4.98 Å². The number of ether oxygens (including phenoxy) is 1. The van der Waals surface area contributed by atoms with E-state index in [1.54, 1.807) is 29.8 Å². The van der Waals surface area contributed by atoms with Crippen LogP contribution in [0.3, 0.4) is 0 Å². The molecule has 0 fully saturated rings. The molecule has 32 heavy (non-hydrogen) atoms. The number of amides is 1. The number of halogens is 1. The standard InChI is InChI=1S/C24H24FN3O3S/c1-14(2)31-17-10-8-15(9-11-17)18-12-20(29)26-22-21(18)23(30)27-24(28(22)3)32-13-16-6-4-5-7-19(16)25/h4-11,14,18H,12-13H2,1-3H3,(H,26,29)/t18-/m0/s1. The molecule has 4 rings (SSSR count). The van der Waals surface area contributed by atoms with E-state index in [2.05, 4.69) is 10.3 Å². The Morgan fingerprint density at radius 1 is 1.19 bits per heavy atom. The second kappa shape index (κ2) is 9.16. The van der Waals surface area contributed by atoms with Crippen LogP contribution in [0.25, 0.3) is 0 Å². The van der Waals surface area contributed by atoms with Crippen LogP contribution in [0.15, 0.2) is 58.5 Å². The Morgan fingerprint density at radius 3 is 2.59 bits per heavy atom. The zero-order valence-electron chi connectivity index (χ0n) is 18.1. The number of fused-ring (bicyclic) bond motifs is 1. The number of nitrogens with one attached hydrogen (secondary N) is 1. The molecule has 0 spiro atoms. The maximum Gasteiger partial charge on any atom is 0.279 e. The number of carbonyl (C=O) groups excluding carboxylic acids is 1. The third-order valence-electron chi connectivity index (χ3n) is 5.27. The van der Waals surface area contributed by atoms with Crippen molar-refractivity contribution in [2.24, 2.45) is 7.05 Å². The molecule has 8 heteroatoms. The third kappa shape index (κ3) is 4.55. The zero-order valence-corrected chi connectivity index (χ0v) is 18.9. The van der Waals surface area contributed by atoms with Crippen molar-refractivity contribution < 1.29 is 13.9 Å². The SMILES string of the molecule is CC(C)Oc1ccc([C@@H]2CC(=O)Nc3c2c(=O)nc(SCc2ccccc2F)n3C)cc1. The summed E-state index contributed by atoms with van der Waals surface area (Å²) < 4.78 is 21.4. The predicted molar refractivity (Wildman–Crippen MR) is 123 cm³/mol. The van der Waals surface area contributed by atoms with E-state index < -0.39 is 5.92 Å². The summed E-state index contributed by atoms with van der Waals surface area (Å²) in [5.74, 6) is 0.613. The Kier molecular flexibility index (Phi) is 6.32.